The van der Waals surface area contributed by atoms with Gasteiger partial charge >= 0.3 is 0 Å². The smallest absolute Gasteiger partial charge is 0.274 e. The first kappa shape index (κ1) is 22.6. The van der Waals surface area contributed by atoms with Gasteiger partial charge in [0.15, 0.2) is 6.61 Å². The van der Waals surface area contributed by atoms with Gasteiger partial charge in [0.25, 0.3) is 17.2 Å². The topological polar surface area (TPSA) is 90.5 Å². The maximum absolute atomic E-state index is 12.5. The summed E-state index contributed by atoms with van der Waals surface area (Å²) in [5.41, 5.74) is 2.35. The Bertz CT molecular complexity index is 1310. The van der Waals surface area contributed by atoms with Crippen molar-refractivity contribution < 1.29 is 9.53 Å². The molecule has 4 aromatic rings. The zero-order valence-corrected chi connectivity index (χ0v) is 19.5. The van der Waals surface area contributed by atoms with E-state index in [9.17, 15) is 9.59 Å². The molecular weight excluding hydrogens is 438 g/mol. The summed E-state index contributed by atoms with van der Waals surface area (Å²) >= 11 is 1.56. The molecule has 0 fully saturated rings. The number of benzene rings is 2. The summed E-state index contributed by atoms with van der Waals surface area (Å²) in [6.07, 6.45) is 1.63. The Balaban J connectivity index is 1.32. The maximum atomic E-state index is 12.5. The highest BCUT2D eigenvalue weighted by Gasteiger charge is 2.10. The lowest BCUT2D eigenvalue weighted by Crippen LogP contribution is -2.22. The molecule has 2 aromatic carbocycles. The van der Waals surface area contributed by atoms with Crippen molar-refractivity contribution in [3.05, 3.63) is 82.5 Å². The van der Waals surface area contributed by atoms with Crippen molar-refractivity contribution in [1.29, 1.82) is 0 Å². The number of rotatable bonds is 8. The number of aryl methyl sites for hydroxylation is 1. The van der Waals surface area contributed by atoms with Crippen LogP contribution in [0.5, 0.6) is 5.75 Å². The molecule has 1 N–H and O–H groups in total. The van der Waals surface area contributed by atoms with E-state index in [-0.39, 0.29) is 24.1 Å². The van der Waals surface area contributed by atoms with Crippen molar-refractivity contribution in [3.63, 3.8) is 0 Å². The average Bonchev–Trinajstić information content (AvgIpc) is 3.23. The molecule has 0 aliphatic rings. The van der Waals surface area contributed by atoms with Crippen LogP contribution in [0.2, 0.25) is 0 Å². The van der Waals surface area contributed by atoms with Gasteiger partial charge in [-0.2, -0.15) is 9.50 Å². The van der Waals surface area contributed by atoms with Crippen LogP contribution in [-0.4, -0.2) is 31.7 Å². The summed E-state index contributed by atoms with van der Waals surface area (Å²) in [7, 11) is 0. The van der Waals surface area contributed by atoms with E-state index in [0.29, 0.717) is 28.7 Å². The quantitative estimate of drug-likeness (QED) is 0.396. The van der Waals surface area contributed by atoms with Gasteiger partial charge in [-0.1, -0.05) is 17.7 Å². The predicted molar refractivity (Wildman–Crippen MR) is 129 cm³/mol. The minimum atomic E-state index is -0.227. The van der Waals surface area contributed by atoms with Crippen LogP contribution in [0.4, 0.5) is 5.69 Å². The Labute approximate surface area is 195 Å². The van der Waals surface area contributed by atoms with E-state index in [1.54, 1.807) is 28.8 Å². The molecule has 0 spiro atoms. The number of nitrogens with one attached hydrogen (secondary N) is 1. The summed E-state index contributed by atoms with van der Waals surface area (Å²) in [6.45, 7) is 5.91. The number of nitrogens with zero attached hydrogens (tertiary/aromatic N) is 4. The van der Waals surface area contributed by atoms with Gasteiger partial charge < -0.3 is 10.1 Å². The summed E-state index contributed by atoms with van der Waals surface area (Å²) in [4.78, 5) is 34.4. The van der Waals surface area contributed by atoms with Crippen LogP contribution in [0.3, 0.4) is 0 Å². The largest absolute Gasteiger partial charge is 0.484 e. The molecule has 0 unspecified atom stereocenters. The third kappa shape index (κ3) is 5.61. The monoisotopic (exact) mass is 463 g/mol. The number of ether oxygens (including phenoxy) is 1. The lowest BCUT2D eigenvalue weighted by Gasteiger charge is -2.09. The molecule has 1 amide bonds. The number of carbonyl (C=O) groups is 1. The number of anilines is 1. The zero-order valence-electron chi connectivity index (χ0n) is 18.7. The number of carbonyl (C=O) groups excluding carboxylic acids is 1. The molecule has 0 atom stereocenters. The second-order valence-electron chi connectivity index (χ2n) is 7.88. The SMILES string of the molecule is Cc1ccc(OCC(=O)Nc2ccc(SCc3cc(=O)n4c(ncn4C(C)C)n3)cc2)cc1. The van der Waals surface area contributed by atoms with Crippen LogP contribution in [0, 0.1) is 6.92 Å². The molecule has 4 rings (SSSR count). The zero-order chi connectivity index (χ0) is 23.4. The molecule has 2 aromatic heterocycles. The molecular formula is C24H25N5O3S. The molecule has 0 saturated carbocycles. The van der Waals surface area contributed by atoms with E-state index >= 15 is 0 Å². The summed E-state index contributed by atoms with van der Waals surface area (Å²) in [5.74, 6) is 1.37. The van der Waals surface area contributed by atoms with Gasteiger partial charge in [-0.3, -0.25) is 14.3 Å². The number of hydrogen-bond acceptors (Lipinski definition) is 6. The normalized spacial score (nSPS) is 11.2. The highest BCUT2D eigenvalue weighted by molar-refractivity contribution is 7.98. The van der Waals surface area contributed by atoms with Crippen molar-refractivity contribution in [2.24, 2.45) is 0 Å². The van der Waals surface area contributed by atoms with E-state index < -0.39 is 0 Å². The Morgan fingerprint density at radius 3 is 2.55 bits per heavy atom. The van der Waals surface area contributed by atoms with Crippen LogP contribution in [-0.2, 0) is 10.5 Å². The van der Waals surface area contributed by atoms with Crippen molar-refractivity contribution in [1.82, 2.24) is 19.2 Å². The predicted octanol–water partition coefficient (Wildman–Crippen LogP) is 4.09. The molecule has 8 nitrogen and oxygen atoms in total. The van der Waals surface area contributed by atoms with Crippen molar-refractivity contribution in [3.8, 4) is 5.75 Å². The summed E-state index contributed by atoms with van der Waals surface area (Å²) in [6, 6.07) is 16.7. The standard InChI is InChI=1S/C24H25N5O3S/c1-16(2)28-15-25-24-27-19(12-23(31)29(24)28)14-33-21-10-6-18(7-11-21)26-22(30)13-32-20-8-4-17(3)5-9-20/h4-12,15-16H,13-14H2,1-3H3,(H,26,30). The molecule has 170 valence electrons. The third-order valence-electron chi connectivity index (χ3n) is 4.90. The fraction of sp³-hybridized carbons (Fsp3) is 0.250. The molecule has 0 saturated heterocycles. The summed E-state index contributed by atoms with van der Waals surface area (Å²) in [5, 5.41) is 2.82. The fourth-order valence-electron chi connectivity index (χ4n) is 3.18. The van der Waals surface area contributed by atoms with Crippen molar-refractivity contribution in [2.75, 3.05) is 11.9 Å². The molecule has 0 aliphatic carbocycles. The molecule has 0 radical (unpaired) electrons. The van der Waals surface area contributed by atoms with Gasteiger partial charge in [0, 0.05) is 28.4 Å². The minimum Gasteiger partial charge on any atom is -0.484 e. The molecule has 33 heavy (non-hydrogen) atoms. The lowest BCUT2D eigenvalue weighted by atomic mass is 10.2. The second kappa shape index (κ2) is 9.91. The Morgan fingerprint density at radius 2 is 1.85 bits per heavy atom. The third-order valence-corrected chi connectivity index (χ3v) is 5.94. The second-order valence-corrected chi connectivity index (χ2v) is 8.93. The van der Waals surface area contributed by atoms with E-state index in [2.05, 4.69) is 15.3 Å². The first-order valence-electron chi connectivity index (χ1n) is 10.6. The number of thioether (sulfide) groups is 1. The van der Waals surface area contributed by atoms with Gasteiger partial charge in [0.05, 0.1) is 5.69 Å². The number of hydrogen-bond donors (Lipinski definition) is 1. The van der Waals surface area contributed by atoms with Crippen molar-refractivity contribution >= 4 is 29.1 Å². The maximum Gasteiger partial charge on any atom is 0.274 e. The van der Waals surface area contributed by atoms with Gasteiger partial charge in [0.1, 0.15) is 12.1 Å². The van der Waals surface area contributed by atoms with Crippen LogP contribution in [0.15, 0.2) is 70.6 Å². The van der Waals surface area contributed by atoms with Gasteiger partial charge in [-0.15, -0.1) is 11.8 Å². The Hall–Kier alpha value is -3.59. The van der Waals surface area contributed by atoms with E-state index in [1.165, 1.54) is 4.52 Å². The number of amides is 1. The molecule has 9 heteroatoms. The van der Waals surface area contributed by atoms with E-state index in [4.69, 9.17) is 4.74 Å². The van der Waals surface area contributed by atoms with E-state index in [1.807, 2.05) is 69.3 Å². The Morgan fingerprint density at radius 1 is 1.12 bits per heavy atom. The van der Waals surface area contributed by atoms with Crippen LogP contribution < -0.4 is 15.6 Å². The van der Waals surface area contributed by atoms with Crippen LogP contribution >= 0.6 is 11.8 Å². The lowest BCUT2D eigenvalue weighted by molar-refractivity contribution is -0.118. The number of fused-ring (bicyclic) bond motifs is 1. The first-order valence-corrected chi connectivity index (χ1v) is 11.6. The first-order chi connectivity index (χ1) is 15.9. The van der Waals surface area contributed by atoms with E-state index in [0.717, 1.165) is 10.5 Å². The summed E-state index contributed by atoms with van der Waals surface area (Å²) < 4.78 is 8.75. The highest BCUT2D eigenvalue weighted by Crippen LogP contribution is 2.23. The Kier molecular flexibility index (Phi) is 6.79. The highest BCUT2D eigenvalue weighted by atomic mass is 32.2. The molecule has 0 aliphatic heterocycles. The average molecular weight is 464 g/mol. The van der Waals surface area contributed by atoms with Gasteiger partial charge in [-0.05, 0) is 57.2 Å². The minimum absolute atomic E-state index is 0.0597. The van der Waals surface area contributed by atoms with Crippen molar-refractivity contribution in [2.45, 2.75) is 37.5 Å². The van der Waals surface area contributed by atoms with Gasteiger partial charge in [0.2, 0.25) is 0 Å². The fourth-order valence-corrected chi connectivity index (χ4v) is 3.97. The molecule has 0 bridgehead atoms. The number of aromatic nitrogens is 4. The molecule has 2 heterocycles. The van der Waals surface area contributed by atoms with Crippen LogP contribution in [0.25, 0.3) is 5.78 Å². The van der Waals surface area contributed by atoms with Crippen LogP contribution in [0.1, 0.15) is 31.1 Å². The van der Waals surface area contributed by atoms with Gasteiger partial charge in [-0.25, -0.2) is 4.98 Å².